The van der Waals surface area contributed by atoms with E-state index >= 15 is 0 Å². The summed E-state index contributed by atoms with van der Waals surface area (Å²) in [5.74, 6) is 0.0895. The number of methoxy groups -OCH3 is 1. The SMILES string of the molecule is COCC(CCl)NC(=O)c1ncccc1C. The minimum absolute atomic E-state index is 0.194. The molecule has 1 aromatic heterocycles. The van der Waals surface area contributed by atoms with E-state index in [0.29, 0.717) is 18.2 Å². The molecule has 0 spiro atoms. The zero-order valence-electron chi connectivity index (χ0n) is 9.37. The van der Waals surface area contributed by atoms with Crippen molar-refractivity contribution in [3.8, 4) is 0 Å². The number of amides is 1. The molecule has 16 heavy (non-hydrogen) atoms. The fraction of sp³-hybridized carbons (Fsp3) is 0.455. The summed E-state index contributed by atoms with van der Waals surface area (Å²) in [6, 6.07) is 3.44. The number of pyridine rings is 1. The molecule has 1 amide bonds. The Morgan fingerprint density at radius 2 is 2.44 bits per heavy atom. The fourth-order valence-electron chi connectivity index (χ4n) is 1.30. The predicted molar refractivity (Wildman–Crippen MR) is 62.8 cm³/mol. The second-order valence-electron chi connectivity index (χ2n) is 3.45. The van der Waals surface area contributed by atoms with Crippen LogP contribution < -0.4 is 5.32 Å². The highest BCUT2D eigenvalue weighted by Gasteiger charge is 2.15. The van der Waals surface area contributed by atoms with E-state index in [0.717, 1.165) is 5.56 Å². The maximum Gasteiger partial charge on any atom is 0.270 e. The van der Waals surface area contributed by atoms with Crippen molar-refractivity contribution in [1.29, 1.82) is 0 Å². The maximum atomic E-state index is 11.8. The van der Waals surface area contributed by atoms with Crippen LogP contribution in [0.1, 0.15) is 16.1 Å². The summed E-state index contributed by atoms with van der Waals surface area (Å²) < 4.78 is 4.94. The third kappa shape index (κ3) is 3.47. The molecule has 1 atom stereocenters. The van der Waals surface area contributed by atoms with E-state index in [9.17, 15) is 4.79 Å². The Kier molecular flexibility index (Phi) is 5.22. The van der Waals surface area contributed by atoms with E-state index < -0.39 is 0 Å². The number of hydrogen-bond acceptors (Lipinski definition) is 3. The number of carbonyl (C=O) groups excluding carboxylic acids is 1. The molecule has 0 aliphatic heterocycles. The first-order valence-corrected chi connectivity index (χ1v) is 5.50. The van der Waals surface area contributed by atoms with Gasteiger partial charge < -0.3 is 10.1 Å². The number of carbonyl (C=O) groups is 1. The summed E-state index contributed by atoms with van der Waals surface area (Å²) in [4.78, 5) is 15.9. The van der Waals surface area contributed by atoms with Crippen molar-refractivity contribution in [3.05, 3.63) is 29.6 Å². The lowest BCUT2D eigenvalue weighted by Gasteiger charge is -2.15. The molecule has 1 unspecified atom stereocenters. The monoisotopic (exact) mass is 242 g/mol. The van der Waals surface area contributed by atoms with Gasteiger partial charge in [-0.15, -0.1) is 11.6 Å². The number of hydrogen-bond donors (Lipinski definition) is 1. The van der Waals surface area contributed by atoms with Crippen LogP contribution in [0, 0.1) is 6.92 Å². The first kappa shape index (κ1) is 12.9. The van der Waals surface area contributed by atoms with E-state index in [1.54, 1.807) is 19.4 Å². The smallest absolute Gasteiger partial charge is 0.270 e. The molecule has 1 rings (SSSR count). The Hall–Kier alpha value is -1.13. The molecule has 5 heteroatoms. The summed E-state index contributed by atoms with van der Waals surface area (Å²) >= 11 is 5.70. The van der Waals surface area contributed by atoms with Gasteiger partial charge in [0.15, 0.2) is 0 Å². The number of rotatable bonds is 5. The number of alkyl halides is 1. The topological polar surface area (TPSA) is 51.2 Å². The van der Waals surface area contributed by atoms with Crippen LogP contribution in [0.15, 0.2) is 18.3 Å². The molecule has 0 saturated carbocycles. The van der Waals surface area contributed by atoms with E-state index in [1.807, 2.05) is 13.0 Å². The van der Waals surface area contributed by atoms with Crippen LogP contribution in [0.25, 0.3) is 0 Å². The van der Waals surface area contributed by atoms with Crippen molar-refractivity contribution in [2.24, 2.45) is 0 Å². The number of nitrogens with one attached hydrogen (secondary N) is 1. The first-order valence-electron chi connectivity index (χ1n) is 4.96. The van der Waals surface area contributed by atoms with Crippen LogP contribution in [0.4, 0.5) is 0 Å². The van der Waals surface area contributed by atoms with Crippen molar-refractivity contribution in [3.63, 3.8) is 0 Å². The summed E-state index contributed by atoms with van der Waals surface area (Å²) in [7, 11) is 1.57. The molecule has 1 N–H and O–H groups in total. The van der Waals surface area contributed by atoms with Crippen LogP contribution >= 0.6 is 11.6 Å². The molecule has 0 aliphatic rings. The van der Waals surface area contributed by atoms with Crippen molar-refractivity contribution in [2.45, 2.75) is 13.0 Å². The number of aromatic nitrogens is 1. The van der Waals surface area contributed by atoms with Gasteiger partial charge in [0.25, 0.3) is 5.91 Å². The van der Waals surface area contributed by atoms with Crippen LogP contribution in [-0.4, -0.2) is 36.5 Å². The fourth-order valence-corrected chi connectivity index (χ4v) is 1.47. The molecule has 1 aromatic rings. The lowest BCUT2D eigenvalue weighted by Crippen LogP contribution is -2.40. The summed E-state index contributed by atoms with van der Waals surface area (Å²) in [6.07, 6.45) is 1.59. The number of halogens is 1. The van der Waals surface area contributed by atoms with Crippen molar-refractivity contribution >= 4 is 17.5 Å². The molecule has 0 fully saturated rings. The van der Waals surface area contributed by atoms with Gasteiger partial charge in [0.2, 0.25) is 0 Å². The predicted octanol–water partition coefficient (Wildman–Crippen LogP) is 1.37. The summed E-state index contributed by atoms with van der Waals surface area (Å²) in [5.41, 5.74) is 1.26. The maximum absolute atomic E-state index is 11.8. The van der Waals surface area contributed by atoms with Gasteiger partial charge in [-0.25, -0.2) is 0 Å². The normalized spacial score (nSPS) is 12.2. The standard InChI is InChI=1S/C11H15ClN2O2/c1-8-4-3-5-13-10(8)11(15)14-9(6-12)7-16-2/h3-5,9H,6-7H2,1-2H3,(H,14,15). The second-order valence-corrected chi connectivity index (χ2v) is 3.76. The lowest BCUT2D eigenvalue weighted by atomic mass is 10.2. The minimum atomic E-state index is -0.221. The number of nitrogens with zero attached hydrogens (tertiary/aromatic N) is 1. The molecular weight excluding hydrogens is 228 g/mol. The average Bonchev–Trinajstić information content (AvgIpc) is 2.28. The molecule has 1 heterocycles. The van der Waals surface area contributed by atoms with E-state index in [2.05, 4.69) is 10.3 Å². The molecule has 88 valence electrons. The van der Waals surface area contributed by atoms with Gasteiger partial charge >= 0.3 is 0 Å². The van der Waals surface area contributed by atoms with Gasteiger partial charge in [0.1, 0.15) is 5.69 Å². The Balaban J connectivity index is 2.68. The highest BCUT2D eigenvalue weighted by atomic mass is 35.5. The lowest BCUT2D eigenvalue weighted by molar-refractivity contribution is 0.0901. The van der Waals surface area contributed by atoms with E-state index in [4.69, 9.17) is 16.3 Å². The Bertz CT molecular complexity index is 358. The van der Waals surface area contributed by atoms with Gasteiger partial charge in [0.05, 0.1) is 12.6 Å². The Morgan fingerprint density at radius 3 is 3.00 bits per heavy atom. The quantitative estimate of drug-likeness (QED) is 0.794. The van der Waals surface area contributed by atoms with Crippen LogP contribution in [0.2, 0.25) is 0 Å². The minimum Gasteiger partial charge on any atom is -0.383 e. The molecule has 0 bridgehead atoms. The zero-order valence-corrected chi connectivity index (χ0v) is 10.1. The summed E-state index contributed by atoms with van der Waals surface area (Å²) in [5, 5.41) is 2.77. The molecular formula is C11H15ClN2O2. The number of aryl methyl sites for hydroxylation is 1. The van der Waals surface area contributed by atoms with Crippen LogP contribution in [0.3, 0.4) is 0 Å². The number of ether oxygens (including phenoxy) is 1. The first-order chi connectivity index (χ1) is 7.69. The van der Waals surface area contributed by atoms with Crippen molar-refractivity contribution in [2.75, 3.05) is 19.6 Å². The highest BCUT2D eigenvalue weighted by molar-refractivity contribution is 6.18. The van der Waals surface area contributed by atoms with Gasteiger partial charge in [-0.3, -0.25) is 9.78 Å². The van der Waals surface area contributed by atoms with Crippen LogP contribution in [-0.2, 0) is 4.74 Å². The van der Waals surface area contributed by atoms with E-state index in [-0.39, 0.29) is 11.9 Å². The molecule has 4 nitrogen and oxygen atoms in total. The molecule has 0 saturated heterocycles. The van der Waals surface area contributed by atoms with Crippen LogP contribution in [0.5, 0.6) is 0 Å². The third-order valence-electron chi connectivity index (χ3n) is 2.11. The van der Waals surface area contributed by atoms with Gasteiger partial charge in [-0.2, -0.15) is 0 Å². The van der Waals surface area contributed by atoms with Crippen molar-refractivity contribution < 1.29 is 9.53 Å². The summed E-state index contributed by atoms with van der Waals surface area (Å²) in [6.45, 7) is 2.23. The van der Waals surface area contributed by atoms with Gasteiger partial charge in [-0.05, 0) is 18.6 Å². The zero-order chi connectivity index (χ0) is 12.0. The Labute approximate surface area is 100.0 Å². The third-order valence-corrected chi connectivity index (χ3v) is 2.49. The largest absolute Gasteiger partial charge is 0.383 e. The molecule has 0 aromatic carbocycles. The van der Waals surface area contributed by atoms with E-state index in [1.165, 1.54) is 0 Å². The average molecular weight is 243 g/mol. The van der Waals surface area contributed by atoms with Gasteiger partial charge in [0, 0.05) is 19.2 Å². The Morgan fingerprint density at radius 1 is 1.69 bits per heavy atom. The second kappa shape index (κ2) is 6.45. The van der Waals surface area contributed by atoms with Crippen molar-refractivity contribution in [1.82, 2.24) is 10.3 Å². The van der Waals surface area contributed by atoms with Gasteiger partial charge in [-0.1, -0.05) is 6.07 Å². The molecule has 0 radical (unpaired) electrons. The molecule has 0 aliphatic carbocycles. The highest BCUT2D eigenvalue weighted by Crippen LogP contribution is 2.03.